The van der Waals surface area contributed by atoms with Gasteiger partial charge in [0, 0.05) is 61.2 Å². The third-order valence-corrected chi connectivity index (χ3v) is 12.0. The third kappa shape index (κ3) is 8.27. The molecule has 15 heteroatoms. The van der Waals surface area contributed by atoms with Gasteiger partial charge in [0.25, 0.3) is 5.88 Å². The van der Waals surface area contributed by atoms with Crippen molar-refractivity contribution in [3.8, 4) is 33.3 Å². The monoisotopic (exact) mass is 790 g/mol. The van der Waals surface area contributed by atoms with Crippen LogP contribution >= 0.6 is 11.3 Å². The van der Waals surface area contributed by atoms with Gasteiger partial charge in [0.1, 0.15) is 24.3 Å². The van der Waals surface area contributed by atoms with Gasteiger partial charge in [0.15, 0.2) is 11.4 Å². The fourth-order valence-electron chi connectivity index (χ4n) is 7.93. The summed E-state index contributed by atoms with van der Waals surface area (Å²) in [4.78, 5) is 40.2. The number of carbonyl (C=O) groups is 2. The van der Waals surface area contributed by atoms with Gasteiger partial charge in [-0.05, 0) is 66.4 Å². The van der Waals surface area contributed by atoms with E-state index in [1.54, 1.807) is 29.5 Å². The Hall–Kier alpha value is -5.64. The lowest BCUT2D eigenvalue weighted by Crippen LogP contribution is -2.48. The van der Waals surface area contributed by atoms with Crippen molar-refractivity contribution < 1.29 is 29.1 Å². The standard InChI is InChI=1S/C42H46N8O6S/c1-24(2)38(42(54)50-22-30(51)18-34(50)41(53)43-20-26-8-10-27(11-9-26)39-25(3)44-23-57-39)36-19-37(48-56-36)55-15-14-49-13-12-28(21-49)32-16-29-17-33(46-47-40(29)45-32)31-6-4-5-7-35(31)52/h4-11,16-17,19,23-24,28,30,34,38,51-52H,12-15,18,20-22H2,1-3H3,(H,43,53)(H,45,47)/t28?,30-,34+,38-/m1/s1. The highest BCUT2D eigenvalue weighted by Gasteiger charge is 2.43. The van der Waals surface area contributed by atoms with E-state index >= 15 is 0 Å². The number of likely N-dealkylation sites (tertiary alicyclic amines) is 2. The summed E-state index contributed by atoms with van der Waals surface area (Å²) in [5, 5.41) is 37.6. The number of rotatable bonds is 13. The Morgan fingerprint density at radius 1 is 1.09 bits per heavy atom. The Bertz CT molecular complexity index is 2360. The van der Waals surface area contributed by atoms with Gasteiger partial charge in [-0.2, -0.15) is 0 Å². The maximum absolute atomic E-state index is 14.1. The highest BCUT2D eigenvalue weighted by Crippen LogP contribution is 2.34. The van der Waals surface area contributed by atoms with E-state index in [9.17, 15) is 19.8 Å². The van der Waals surface area contributed by atoms with Gasteiger partial charge in [-0.15, -0.1) is 21.5 Å². The van der Waals surface area contributed by atoms with Crippen LogP contribution in [0.3, 0.4) is 0 Å². The number of hydrogen-bond acceptors (Lipinski definition) is 12. The number of hydrogen-bond donors (Lipinski definition) is 4. The number of β-amino-alcohol motifs (C(OH)–C–C–N with tert-alkyl or cyclic N) is 1. The summed E-state index contributed by atoms with van der Waals surface area (Å²) < 4.78 is 11.7. The zero-order chi connectivity index (χ0) is 39.6. The summed E-state index contributed by atoms with van der Waals surface area (Å²) >= 11 is 1.59. The highest BCUT2D eigenvalue weighted by atomic mass is 32.1. The first-order chi connectivity index (χ1) is 27.6. The molecule has 14 nitrogen and oxygen atoms in total. The van der Waals surface area contributed by atoms with Crippen molar-refractivity contribution in [3.63, 3.8) is 0 Å². The van der Waals surface area contributed by atoms with Crippen LogP contribution in [0.1, 0.15) is 61.2 Å². The largest absolute Gasteiger partial charge is 0.507 e. The minimum atomic E-state index is -0.814. The van der Waals surface area contributed by atoms with Crippen molar-refractivity contribution in [2.45, 2.75) is 64.1 Å². The van der Waals surface area contributed by atoms with E-state index in [0.717, 1.165) is 52.3 Å². The van der Waals surface area contributed by atoms with E-state index in [1.165, 1.54) is 4.90 Å². The molecule has 0 saturated carbocycles. The normalized spacial score (nSPS) is 19.1. The van der Waals surface area contributed by atoms with Gasteiger partial charge in [-0.1, -0.05) is 50.2 Å². The van der Waals surface area contributed by atoms with Crippen LogP contribution < -0.4 is 10.1 Å². The highest BCUT2D eigenvalue weighted by molar-refractivity contribution is 7.13. The Morgan fingerprint density at radius 2 is 1.91 bits per heavy atom. The van der Waals surface area contributed by atoms with E-state index in [0.29, 0.717) is 54.2 Å². The number of H-pyrrole nitrogens is 1. The maximum Gasteiger partial charge on any atom is 0.254 e. The minimum Gasteiger partial charge on any atom is -0.507 e. The molecule has 2 amide bonds. The van der Waals surface area contributed by atoms with E-state index < -0.39 is 18.1 Å². The first kappa shape index (κ1) is 38.2. The number of thiazole rings is 1. The Labute approximate surface area is 333 Å². The molecule has 0 radical (unpaired) electrons. The first-order valence-corrected chi connectivity index (χ1v) is 20.2. The number of aromatic amines is 1. The molecule has 6 aromatic rings. The number of aliphatic hydroxyl groups is 1. The quantitative estimate of drug-likeness (QED) is 0.114. The fraction of sp³-hybridized carbons (Fsp3) is 0.381. The molecule has 2 aliphatic heterocycles. The zero-order valence-electron chi connectivity index (χ0n) is 32.1. The molecule has 0 bridgehead atoms. The van der Waals surface area contributed by atoms with Crippen LogP contribution in [-0.2, 0) is 16.1 Å². The van der Waals surface area contributed by atoms with Crippen LogP contribution in [0.4, 0.5) is 0 Å². The lowest BCUT2D eigenvalue weighted by Gasteiger charge is -2.28. The summed E-state index contributed by atoms with van der Waals surface area (Å²) in [5.41, 5.74) is 7.88. The number of ether oxygens (including phenoxy) is 1. The molecule has 2 saturated heterocycles. The Morgan fingerprint density at radius 3 is 2.68 bits per heavy atom. The van der Waals surface area contributed by atoms with Gasteiger partial charge >= 0.3 is 0 Å². The van der Waals surface area contributed by atoms with Crippen molar-refractivity contribution in [1.82, 2.24) is 40.4 Å². The van der Waals surface area contributed by atoms with Crippen molar-refractivity contribution in [2.24, 2.45) is 5.92 Å². The molecular formula is C42H46N8O6S. The zero-order valence-corrected chi connectivity index (χ0v) is 32.9. The molecule has 4 atom stereocenters. The second-order valence-corrected chi connectivity index (χ2v) is 16.1. The minimum absolute atomic E-state index is 0.0581. The molecule has 0 aliphatic carbocycles. The number of nitrogens with one attached hydrogen (secondary N) is 2. The van der Waals surface area contributed by atoms with Crippen molar-refractivity contribution in [1.29, 1.82) is 0 Å². The van der Waals surface area contributed by atoms with Gasteiger partial charge in [0.2, 0.25) is 11.8 Å². The van der Waals surface area contributed by atoms with Gasteiger partial charge < -0.3 is 34.7 Å². The summed E-state index contributed by atoms with van der Waals surface area (Å²) in [5.74, 6) is -0.384. The molecule has 8 rings (SSSR count). The molecule has 4 N–H and O–H groups in total. The van der Waals surface area contributed by atoms with Crippen molar-refractivity contribution in [3.05, 3.63) is 95.0 Å². The number of phenols is 1. The number of para-hydroxylation sites is 1. The van der Waals surface area contributed by atoms with Crippen molar-refractivity contribution in [2.75, 3.05) is 32.8 Å². The fourth-order valence-corrected chi connectivity index (χ4v) is 8.74. The molecule has 4 aromatic heterocycles. The van der Waals surface area contributed by atoms with Crippen LogP contribution in [0.2, 0.25) is 0 Å². The Balaban J connectivity index is 0.840. The first-order valence-electron chi connectivity index (χ1n) is 19.3. The molecule has 57 heavy (non-hydrogen) atoms. The number of aryl methyl sites for hydroxylation is 1. The van der Waals surface area contributed by atoms with E-state index in [1.807, 2.05) is 68.7 Å². The van der Waals surface area contributed by atoms with E-state index in [2.05, 4.69) is 41.6 Å². The number of carbonyl (C=O) groups excluding carboxylic acids is 2. The molecule has 1 unspecified atom stereocenters. The average molecular weight is 791 g/mol. The van der Waals surface area contributed by atoms with E-state index in [4.69, 9.17) is 9.26 Å². The predicted molar refractivity (Wildman–Crippen MR) is 215 cm³/mol. The number of aromatic nitrogens is 5. The number of aromatic hydroxyl groups is 1. The molecule has 2 aliphatic rings. The second-order valence-electron chi connectivity index (χ2n) is 15.3. The lowest BCUT2D eigenvalue weighted by atomic mass is 9.91. The summed E-state index contributed by atoms with van der Waals surface area (Å²) in [7, 11) is 0. The summed E-state index contributed by atoms with van der Waals surface area (Å²) in [6.45, 7) is 8.99. The molecule has 2 aromatic carbocycles. The summed E-state index contributed by atoms with van der Waals surface area (Å²) in [6.07, 6.45) is 0.318. The SMILES string of the molecule is Cc1ncsc1-c1ccc(CNC(=O)[C@@H]2C[C@@H](O)CN2C(=O)[C@@H](c2cc(OCCN3CCC(c4cc5cc(-c6ccccc6O)nnc5[nH]4)C3)no2)C(C)C)cc1. The predicted octanol–water partition coefficient (Wildman–Crippen LogP) is 5.64. The number of benzene rings is 2. The molecule has 296 valence electrons. The van der Waals surface area contributed by atoms with Crippen LogP contribution in [0.15, 0.2) is 76.8 Å². The number of fused-ring (bicyclic) bond motifs is 1. The number of nitrogens with zero attached hydrogens (tertiary/aromatic N) is 6. The Kier molecular flexibility index (Phi) is 11.0. The van der Waals surface area contributed by atoms with Crippen LogP contribution in [0.25, 0.3) is 32.7 Å². The van der Waals surface area contributed by atoms with Gasteiger partial charge in [-0.3, -0.25) is 14.5 Å². The number of amides is 2. The van der Waals surface area contributed by atoms with Gasteiger partial charge in [-0.25, -0.2) is 4.98 Å². The number of phenolic OH excluding ortho intramolecular Hbond substituents is 1. The molecule has 0 spiro atoms. The van der Waals surface area contributed by atoms with Crippen LogP contribution in [-0.4, -0.2) is 102 Å². The van der Waals surface area contributed by atoms with Gasteiger partial charge in [0.05, 0.1) is 27.9 Å². The smallest absolute Gasteiger partial charge is 0.254 e. The molecule has 6 heterocycles. The molecular weight excluding hydrogens is 745 g/mol. The average Bonchev–Trinajstić information content (AvgIpc) is 4.06. The topological polar surface area (TPSA) is 183 Å². The van der Waals surface area contributed by atoms with Crippen LogP contribution in [0, 0.1) is 12.8 Å². The summed E-state index contributed by atoms with van der Waals surface area (Å²) in [6, 6.07) is 20.0. The van der Waals surface area contributed by atoms with E-state index in [-0.39, 0.29) is 36.4 Å². The van der Waals surface area contributed by atoms with Crippen LogP contribution in [0.5, 0.6) is 11.6 Å². The van der Waals surface area contributed by atoms with Crippen molar-refractivity contribution >= 4 is 34.2 Å². The second kappa shape index (κ2) is 16.5. The third-order valence-electron chi connectivity index (χ3n) is 11.0. The molecule has 2 fully saturated rings. The maximum atomic E-state index is 14.1. The lowest BCUT2D eigenvalue weighted by molar-refractivity contribution is -0.141. The number of aliphatic hydroxyl groups excluding tert-OH is 1.